The molecule has 2 aromatic rings. The summed E-state index contributed by atoms with van der Waals surface area (Å²) in [6, 6.07) is 5.93. The van der Waals surface area contributed by atoms with Crippen molar-refractivity contribution in [2.24, 2.45) is 0 Å². The van der Waals surface area contributed by atoms with Gasteiger partial charge in [-0.2, -0.15) is 0 Å². The molecule has 0 atom stereocenters. The van der Waals surface area contributed by atoms with E-state index >= 15 is 0 Å². The molecule has 0 saturated carbocycles. The Bertz CT molecular complexity index is 572. The van der Waals surface area contributed by atoms with E-state index < -0.39 is 0 Å². The zero-order valence-electron chi connectivity index (χ0n) is 12.1. The highest BCUT2D eigenvalue weighted by Crippen LogP contribution is 2.27. The molecule has 0 radical (unpaired) electrons. The minimum absolute atomic E-state index is 0.143. The Labute approximate surface area is 120 Å². The minimum atomic E-state index is -0.143. The largest absolute Gasteiger partial charge is 0.326 e. The van der Waals surface area contributed by atoms with E-state index in [0.29, 0.717) is 0 Å². The second-order valence-corrected chi connectivity index (χ2v) is 5.81. The van der Waals surface area contributed by atoms with Crippen molar-refractivity contribution >= 4 is 22.6 Å². The van der Waals surface area contributed by atoms with Crippen LogP contribution in [0.2, 0.25) is 5.02 Å². The van der Waals surface area contributed by atoms with E-state index in [1.54, 1.807) is 0 Å². The summed E-state index contributed by atoms with van der Waals surface area (Å²) in [6.07, 6.45) is 1.09. The third-order valence-electron chi connectivity index (χ3n) is 3.34. The molecule has 1 N–H and O–H groups in total. The van der Waals surface area contributed by atoms with Crippen LogP contribution in [0.4, 0.5) is 0 Å². The van der Waals surface area contributed by atoms with E-state index in [2.05, 4.69) is 43.6 Å². The highest BCUT2D eigenvalue weighted by atomic mass is 35.5. The van der Waals surface area contributed by atoms with Crippen LogP contribution >= 0.6 is 11.6 Å². The van der Waals surface area contributed by atoms with E-state index in [4.69, 9.17) is 16.6 Å². The van der Waals surface area contributed by atoms with Gasteiger partial charge in [-0.15, -0.1) is 0 Å². The Kier molecular flexibility index (Phi) is 4.16. The monoisotopic (exact) mass is 279 g/mol. The number of aromatic nitrogens is 2. The number of nitrogens with one attached hydrogen (secondary N) is 1. The quantitative estimate of drug-likeness (QED) is 0.898. The summed E-state index contributed by atoms with van der Waals surface area (Å²) in [6.45, 7) is 10.5. The van der Waals surface area contributed by atoms with Gasteiger partial charge in [0.15, 0.2) is 0 Å². The topological polar surface area (TPSA) is 29.9 Å². The minimum Gasteiger partial charge on any atom is -0.326 e. The average molecular weight is 280 g/mol. The van der Waals surface area contributed by atoms with Crippen molar-refractivity contribution in [3.8, 4) is 0 Å². The van der Waals surface area contributed by atoms with Gasteiger partial charge in [0.1, 0.15) is 5.82 Å². The summed E-state index contributed by atoms with van der Waals surface area (Å²) >= 11 is 6.07. The first-order valence-corrected chi connectivity index (χ1v) is 7.28. The van der Waals surface area contributed by atoms with Crippen molar-refractivity contribution in [2.45, 2.75) is 46.2 Å². The summed E-state index contributed by atoms with van der Waals surface area (Å²) < 4.78 is 2.30. The Hall–Kier alpha value is -1.06. The van der Waals surface area contributed by atoms with Crippen LogP contribution in [0.15, 0.2) is 18.2 Å². The molecule has 4 heteroatoms. The van der Waals surface area contributed by atoms with Gasteiger partial charge in [-0.05, 0) is 45.0 Å². The Morgan fingerprint density at radius 2 is 2.05 bits per heavy atom. The van der Waals surface area contributed by atoms with Crippen LogP contribution in [0.5, 0.6) is 0 Å². The smallest absolute Gasteiger partial charge is 0.129 e. The van der Waals surface area contributed by atoms with Gasteiger partial charge in [0.05, 0.1) is 16.6 Å². The SMILES string of the molecule is CCCn1c(C(C)(C)NCC)nc2cc(Cl)ccc21. The number of imidazole rings is 1. The molecule has 0 saturated heterocycles. The van der Waals surface area contributed by atoms with Crippen LogP contribution < -0.4 is 5.32 Å². The molecule has 19 heavy (non-hydrogen) atoms. The molecule has 3 nitrogen and oxygen atoms in total. The van der Waals surface area contributed by atoms with Gasteiger partial charge in [0, 0.05) is 11.6 Å². The molecule has 0 aliphatic heterocycles. The number of hydrogen-bond donors (Lipinski definition) is 1. The lowest BCUT2D eigenvalue weighted by Gasteiger charge is -2.26. The van der Waals surface area contributed by atoms with Gasteiger partial charge in [-0.3, -0.25) is 0 Å². The maximum atomic E-state index is 6.07. The van der Waals surface area contributed by atoms with Gasteiger partial charge in [0.25, 0.3) is 0 Å². The van der Waals surface area contributed by atoms with Crippen molar-refractivity contribution in [3.05, 3.63) is 29.0 Å². The molecule has 0 unspecified atom stereocenters. The van der Waals surface area contributed by atoms with Crippen molar-refractivity contribution in [3.63, 3.8) is 0 Å². The summed E-state index contributed by atoms with van der Waals surface area (Å²) in [7, 11) is 0. The van der Waals surface area contributed by atoms with Crippen LogP contribution in [-0.4, -0.2) is 16.1 Å². The molecule has 0 spiro atoms. The molecular weight excluding hydrogens is 258 g/mol. The van der Waals surface area contributed by atoms with Crippen LogP contribution in [0.25, 0.3) is 11.0 Å². The van der Waals surface area contributed by atoms with Gasteiger partial charge >= 0.3 is 0 Å². The zero-order valence-corrected chi connectivity index (χ0v) is 12.9. The first kappa shape index (κ1) is 14.4. The maximum absolute atomic E-state index is 6.07. The molecule has 0 bridgehead atoms. The van der Waals surface area contributed by atoms with E-state index in [0.717, 1.165) is 41.4 Å². The van der Waals surface area contributed by atoms with Gasteiger partial charge in [0.2, 0.25) is 0 Å². The predicted molar refractivity (Wildman–Crippen MR) is 81.7 cm³/mol. The van der Waals surface area contributed by atoms with Crippen molar-refractivity contribution < 1.29 is 0 Å². The molecular formula is C15H22ClN3. The Balaban J connectivity index is 2.62. The third-order valence-corrected chi connectivity index (χ3v) is 3.57. The first-order valence-electron chi connectivity index (χ1n) is 6.91. The van der Waals surface area contributed by atoms with Crippen LogP contribution in [0.3, 0.4) is 0 Å². The second kappa shape index (κ2) is 5.51. The summed E-state index contributed by atoms with van der Waals surface area (Å²) in [5.74, 6) is 1.08. The van der Waals surface area contributed by atoms with E-state index in [1.807, 2.05) is 12.1 Å². The molecule has 0 aliphatic carbocycles. The number of benzene rings is 1. The molecule has 0 amide bonds. The highest BCUT2D eigenvalue weighted by Gasteiger charge is 2.26. The van der Waals surface area contributed by atoms with E-state index in [1.165, 1.54) is 0 Å². The molecule has 1 aromatic heterocycles. The number of halogens is 1. The number of nitrogens with zero attached hydrogens (tertiary/aromatic N) is 2. The number of hydrogen-bond acceptors (Lipinski definition) is 2. The van der Waals surface area contributed by atoms with E-state index in [9.17, 15) is 0 Å². The van der Waals surface area contributed by atoms with Gasteiger partial charge in [-0.1, -0.05) is 25.4 Å². The summed E-state index contributed by atoms with van der Waals surface area (Å²) in [4.78, 5) is 4.80. The lowest BCUT2D eigenvalue weighted by Crippen LogP contribution is -2.39. The van der Waals surface area contributed by atoms with Crippen LogP contribution in [0, 0.1) is 0 Å². The van der Waals surface area contributed by atoms with Crippen LogP contribution in [0.1, 0.15) is 39.9 Å². The second-order valence-electron chi connectivity index (χ2n) is 5.38. The molecule has 104 valence electrons. The number of aryl methyl sites for hydroxylation is 1. The Morgan fingerprint density at radius 1 is 1.32 bits per heavy atom. The maximum Gasteiger partial charge on any atom is 0.129 e. The zero-order chi connectivity index (χ0) is 14.0. The van der Waals surface area contributed by atoms with Gasteiger partial charge in [-0.25, -0.2) is 4.98 Å². The molecule has 1 aromatic carbocycles. The third kappa shape index (κ3) is 2.77. The molecule has 1 heterocycles. The standard InChI is InChI=1S/C15H22ClN3/c1-5-9-19-13-8-7-11(16)10-12(13)18-14(19)15(3,4)17-6-2/h7-8,10,17H,5-6,9H2,1-4H3. The molecule has 0 aliphatic rings. The summed E-state index contributed by atoms with van der Waals surface area (Å²) in [5, 5.41) is 4.23. The normalized spacial score (nSPS) is 12.3. The first-order chi connectivity index (χ1) is 8.99. The molecule has 2 rings (SSSR count). The number of rotatable bonds is 5. The highest BCUT2D eigenvalue weighted by molar-refractivity contribution is 6.31. The van der Waals surface area contributed by atoms with Crippen molar-refractivity contribution in [2.75, 3.05) is 6.54 Å². The Morgan fingerprint density at radius 3 is 2.68 bits per heavy atom. The lowest BCUT2D eigenvalue weighted by atomic mass is 10.0. The lowest BCUT2D eigenvalue weighted by molar-refractivity contribution is 0.375. The van der Waals surface area contributed by atoms with E-state index in [-0.39, 0.29) is 5.54 Å². The molecule has 0 fully saturated rings. The summed E-state index contributed by atoms with van der Waals surface area (Å²) in [5.41, 5.74) is 1.99. The van der Waals surface area contributed by atoms with Crippen molar-refractivity contribution in [1.29, 1.82) is 0 Å². The van der Waals surface area contributed by atoms with Gasteiger partial charge < -0.3 is 9.88 Å². The van der Waals surface area contributed by atoms with Crippen molar-refractivity contribution in [1.82, 2.24) is 14.9 Å². The average Bonchev–Trinajstić information content (AvgIpc) is 2.68. The van der Waals surface area contributed by atoms with Crippen LogP contribution in [-0.2, 0) is 12.1 Å². The number of fused-ring (bicyclic) bond motifs is 1. The fourth-order valence-electron chi connectivity index (χ4n) is 2.55. The fourth-order valence-corrected chi connectivity index (χ4v) is 2.72. The fraction of sp³-hybridized carbons (Fsp3) is 0.533. The predicted octanol–water partition coefficient (Wildman–Crippen LogP) is 3.94.